The monoisotopic (exact) mass is 916 g/mol. The van der Waals surface area contributed by atoms with Crippen LogP contribution in [0.15, 0.2) is 53.6 Å². The molecule has 66 heavy (non-hydrogen) atoms. The van der Waals surface area contributed by atoms with Crippen LogP contribution in [-0.4, -0.2) is 130 Å². The predicted octanol–water partition coefficient (Wildman–Crippen LogP) is 3.95. The van der Waals surface area contributed by atoms with Crippen molar-refractivity contribution in [2.45, 2.75) is 84.9 Å². The molecule has 0 aliphatic heterocycles. The van der Waals surface area contributed by atoms with Gasteiger partial charge in [-0.15, -0.1) is 0 Å². The van der Waals surface area contributed by atoms with Crippen LogP contribution < -0.4 is 32.3 Å². The van der Waals surface area contributed by atoms with Crippen LogP contribution >= 0.6 is 0 Å². The minimum Gasteiger partial charge on any atom is -0.445 e. The molecule has 0 bridgehead atoms. The summed E-state index contributed by atoms with van der Waals surface area (Å²) in [5.74, 6) is -1.46. The van der Waals surface area contributed by atoms with Crippen LogP contribution in [0.4, 0.5) is 25.9 Å². The molecular formula is C43H60N14O9. The Labute approximate surface area is 381 Å². The third-order valence-corrected chi connectivity index (χ3v) is 10.0. The maximum Gasteiger partial charge on any atom is 0.409 e. The second-order valence-corrected chi connectivity index (χ2v) is 16.4. The van der Waals surface area contributed by atoms with Gasteiger partial charge in [0.2, 0.25) is 17.7 Å². The van der Waals surface area contributed by atoms with Crippen LogP contribution in [0.1, 0.15) is 58.8 Å². The molecule has 4 aromatic rings. The van der Waals surface area contributed by atoms with E-state index in [0.29, 0.717) is 40.2 Å². The number of nitrogens with two attached hydrogens (primary N) is 1. The summed E-state index contributed by atoms with van der Waals surface area (Å²) in [6.07, 6.45) is -0.258. The lowest BCUT2D eigenvalue weighted by Gasteiger charge is -2.25. The number of carbonyl (C=O) groups is 6. The summed E-state index contributed by atoms with van der Waals surface area (Å²) in [4.78, 5) is 91.3. The van der Waals surface area contributed by atoms with Gasteiger partial charge in [-0.2, -0.15) is 0 Å². The number of likely N-dealkylation sites (N-methyl/N-ethyl adjacent to an activating group) is 2. The second kappa shape index (κ2) is 24.2. The largest absolute Gasteiger partial charge is 0.445 e. The van der Waals surface area contributed by atoms with Crippen molar-refractivity contribution in [3.63, 3.8) is 0 Å². The zero-order chi connectivity index (χ0) is 48.6. The molecule has 2 aromatic carbocycles. The lowest BCUT2D eigenvalue weighted by Crippen LogP contribution is -2.55. The maximum atomic E-state index is 13.5. The molecule has 0 fully saturated rings. The first-order chi connectivity index (χ1) is 31.3. The molecule has 0 radical (unpaired) electrons. The molecule has 356 valence electrons. The first-order valence-corrected chi connectivity index (χ1v) is 21.3. The van der Waals surface area contributed by atoms with Gasteiger partial charge in [-0.05, 0) is 68.8 Å². The number of urea groups is 2. The third kappa shape index (κ3) is 15.2. The number of pyridine rings is 1. The highest BCUT2D eigenvalue weighted by Gasteiger charge is 2.29. The molecule has 0 unspecified atom stereocenters. The summed E-state index contributed by atoms with van der Waals surface area (Å²) in [6.45, 7) is 9.34. The quantitative estimate of drug-likeness (QED) is 0.0242. The van der Waals surface area contributed by atoms with Crippen LogP contribution in [0.2, 0.25) is 0 Å². The molecule has 0 aliphatic rings. The molecule has 8 N–H and O–H groups in total. The fourth-order valence-electron chi connectivity index (χ4n) is 6.59. The summed E-state index contributed by atoms with van der Waals surface area (Å²) in [5.41, 5.74) is 15.3. The van der Waals surface area contributed by atoms with Crippen molar-refractivity contribution < 1.29 is 43.3 Å². The van der Waals surface area contributed by atoms with E-state index < -0.39 is 60.1 Å². The summed E-state index contributed by atoms with van der Waals surface area (Å²) in [7, 11) is 3.12. The van der Waals surface area contributed by atoms with Gasteiger partial charge in [0, 0.05) is 56.3 Å². The number of carbonyl (C=O) groups excluding carboxylic acids is 6. The Bertz CT molecular complexity index is 2390. The number of hydrogen-bond acceptors (Lipinski definition) is 12. The van der Waals surface area contributed by atoms with Crippen molar-refractivity contribution in [3.8, 4) is 0 Å². The molecular weight excluding hydrogens is 857 g/mol. The molecule has 23 nitrogen and oxygen atoms in total. The number of primary amides is 1. The number of aromatic nitrogens is 3. The molecule has 23 heteroatoms. The van der Waals surface area contributed by atoms with E-state index in [2.05, 4.69) is 36.6 Å². The van der Waals surface area contributed by atoms with Gasteiger partial charge in [0.05, 0.1) is 23.2 Å². The van der Waals surface area contributed by atoms with E-state index >= 15 is 0 Å². The van der Waals surface area contributed by atoms with Crippen molar-refractivity contribution >= 4 is 69.3 Å². The summed E-state index contributed by atoms with van der Waals surface area (Å²) in [6, 6.07) is 10.6. The van der Waals surface area contributed by atoms with Crippen molar-refractivity contribution in [3.05, 3.63) is 70.4 Å². The summed E-state index contributed by atoms with van der Waals surface area (Å²) >= 11 is 0. The normalized spacial score (nSPS) is 12.1. The minimum absolute atomic E-state index is 0.101. The second-order valence-electron chi connectivity index (χ2n) is 16.4. The Morgan fingerprint density at radius 2 is 1.65 bits per heavy atom. The van der Waals surface area contributed by atoms with E-state index in [1.807, 2.05) is 35.8 Å². The number of azide groups is 1. The van der Waals surface area contributed by atoms with E-state index in [-0.39, 0.29) is 64.0 Å². The Balaban J connectivity index is 1.34. The van der Waals surface area contributed by atoms with Gasteiger partial charge >= 0.3 is 18.2 Å². The highest BCUT2D eigenvalue weighted by Crippen LogP contribution is 2.32. The number of anilines is 2. The van der Waals surface area contributed by atoms with Gasteiger partial charge < -0.3 is 55.9 Å². The SMILES string of the molecule is CCOCc1nc2c(NC(=O)N(C)CCN(C)C(=O)OCc3ccc(NC(=O)[C@@H](CCCNC(N)=O)NC(=O)[C@H](NC(=O)CN=[N+]=[N-])C(C)C)cc3)nc3ccccc3c2n1CC(C)(C)O. The topological polar surface area (TPSA) is 313 Å². The fourth-order valence-corrected chi connectivity index (χ4v) is 6.59. The molecule has 2 heterocycles. The Kier molecular flexibility index (Phi) is 18.8. The summed E-state index contributed by atoms with van der Waals surface area (Å²) in [5, 5.41) is 28.0. The highest BCUT2D eigenvalue weighted by molar-refractivity contribution is 6.09. The number of hydrogen-bond donors (Lipinski definition) is 7. The predicted molar refractivity (Wildman–Crippen MR) is 246 cm³/mol. The van der Waals surface area contributed by atoms with Gasteiger partial charge in [-0.3, -0.25) is 19.7 Å². The average molecular weight is 917 g/mol. The summed E-state index contributed by atoms with van der Waals surface area (Å²) < 4.78 is 13.1. The standard InChI is InChI=1S/C43H60N14O9/c1-8-65-24-32-51-35-36(57(32)25-43(4,5)64)29-12-9-10-13-30(29)49-37(35)53-41(62)55(6)20-21-56(7)42(63)66-23-27-15-17-28(18-16-27)48-38(59)31(14-11-19-46-40(44)61)50-39(60)34(26(2)3)52-33(58)22-47-54-45/h9-10,12-13,15-18,26,31,34,64H,8,11,14,19-25H2,1-7H3,(H,48,59)(H,50,60)(H,52,58)(H3,44,46,61)(H,49,53,62)/t31-,34-/m1/s1. The van der Waals surface area contributed by atoms with E-state index in [0.717, 1.165) is 5.39 Å². The molecule has 8 amide bonds. The van der Waals surface area contributed by atoms with Gasteiger partial charge in [-0.1, -0.05) is 49.3 Å². The number of benzene rings is 2. The molecule has 0 saturated carbocycles. The third-order valence-electron chi connectivity index (χ3n) is 10.0. The lowest BCUT2D eigenvalue weighted by molar-refractivity contribution is -0.131. The van der Waals surface area contributed by atoms with E-state index in [1.165, 1.54) is 16.8 Å². The lowest BCUT2D eigenvalue weighted by atomic mass is 10.0. The van der Waals surface area contributed by atoms with Crippen molar-refractivity contribution in [1.29, 1.82) is 0 Å². The van der Waals surface area contributed by atoms with Crippen molar-refractivity contribution in [2.75, 3.05) is 57.5 Å². The zero-order valence-corrected chi connectivity index (χ0v) is 38.3. The number of nitrogens with zero attached hydrogens (tertiary/aromatic N) is 8. The number of fused-ring (bicyclic) bond motifs is 3. The minimum atomic E-state index is -1.08. The molecule has 0 aliphatic carbocycles. The van der Waals surface area contributed by atoms with Gasteiger partial charge in [0.25, 0.3) is 0 Å². The van der Waals surface area contributed by atoms with Crippen LogP contribution in [0.25, 0.3) is 32.4 Å². The zero-order valence-electron chi connectivity index (χ0n) is 38.3. The Morgan fingerprint density at radius 3 is 2.30 bits per heavy atom. The maximum absolute atomic E-state index is 13.5. The number of para-hydroxylation sites is 1. The first-order valence-electron chi connectivity index (χ1n) is 21.3. The molecule has 2 atom stereocenters. The number of rotatable bonds is 23. The number of amides is 8. The van der Waals surface area contributed by atoms with Gasteiger partial charge in [0.1, 0.15) is 43.2 Å². The number of imidazole rings is 1. The van der Waals surface area contributed by atoms with Gasteiger partial charge in [-0.25, -0.2) is 24.4 Å². The Morgan fingerprint density at radius 1 is 0.955 bits per heavy atom. The van der Waals surface area contributed by atoms with E-state index in [1.54, 1.807) is 59.0 Å². The fraction of sp³-hybridized carbons (Fsp3) is 0.488. The van der Waals surface area contributed by atoms with Crippen molar-refractivity contribution in [1.82, 2.24) is 40.3 Å². The van der Waals surface area contributed by atoms with Crippen molar-refractivity contribution in [2.24, 2.45) is 16.8 Å². The molecule has 0 saturated heterocycles. The highest BCUT2D eigenvalue weighted by atomic mass is 16.6. The van der Waals surface area contributed by atoms with Gasteiger partial charge in [0.15, 0.2) is 5.82 Å². The number of ether oxygens (including phenoxy) is 2. The smallest absolute Gasteiger partial charge is 0.409 e. The molecule has 4 rings (SSSR count). The van der Waals surface area contributed by atoms with Crippen LogP contribution in [0, 0.1) is 5.92 Å². The molecule has 2 aromatic heterocycles. The Hall–Kier alpha value is -7.23. The van der Waals surface area contributed by atoms with Crippen LogP contribution in [0.3, 0.4) is 0 Å². The number of nitrogens with one attached hydrogen (secondary N) is 5. The van der Waals surface area contributed by atoms with E-state index in [9.17, 15) is 33.9 Å². The van der Waals surface area contributed by atoms with Crippen LogP contribution in [0.5, 0.6) is 0 Å². The van der Waals surface area contributed by atoms with Crippen LogP contribution in [-0.2, 0) is 43.6 Å². The first kappa shape index (κ1) is 51.4. The van der Waals surface area contributed by atoms with E-state index in [4.69, 9.17) is 30.7 Å². The average Bonchev–Trinajstić information content (AvgIpc) is 3.62. The number of aliphatic hydroxyl groups is 1. The molecule has 0 spiro atoms.